The molecule has 0 aliphatic heterocycles. The molecule has 8 heteroatoms. The molecular formula is C26H21F3N2O3. The van der Waals surface area contributed by atoms with Gasteiger partial charge in [-0.15, -0.1) is 0 Å². The normalized spacial score (nSPS) is 12.4. The highest BCUT2D eigenvalue weighted by atomic mass is 19.4. The predicted octanol–water partition coefficient (Wildman–Crippen LogP) is 6.18. The average molecular weight is 466 g/mol. The molecule has 174 valence electrons. The Balaban J connectivity index is 1.81. The Morgan fingerprint density at radius 1 is 0.941 bits per heavy atom. The second kappa shape index (κ2) is 8.78. The predicted molar refractivity (Wildman–Crippen MR) is 124 cm³/mol. The van der Waals surface area contributed by atoms with E-state index in [1.165, 1.54) is 6.92 Å². The van der Waals surface area contributed by atoms with E-state index in [1.54, 1.807) is 24.3 Å². The standard InChI is InChI=1S/C26H21F3N2O3/c1-4-31-22-11-9-17(16(3)30-34-25(33)26(27,28)29)13-20(22)21-14-18(10-12-23(21)31)24(32)19-8-6-5-7-15(19)2/h5-14H,4H2,1-3H3. The van der Waals surface area contributed by atoms with Crippen LogP contribution in [0.5, 0.6) is 0 Å². The molecule has 0 spiro atoms. The summed E-state index contributed by atoms with van der Waals surface area (Å²) in [6.45, 7) is 6.02. The number of hydrogen-bond donors (Lipinski definition) is 0. The van der Waals surface area contributed by atoms with E-state index in [4.69, 9.17) is 0 Å². The number of aromatic nitrogens is 1. The van der Waals surface area contributed by atoms with Gasteiger partial charge in [-0.25, -0.2) is 4.79 Å². The van der Waals surface area contributed by atoms with Crippen LogP contribution in [0.3, 0.4) is 0 Å². The Bertz CT molecular complexity index is 1470. The van der Waals surface area contributed by atoms with E-state index >= 15 is 0 Å². The number of rotatable bonds is 5. The van der Waals surface area contributed by atoms with Gasteiger partial charge in [0.2, 0.25) is 0 Å². The van der Waals surface area contributed by atoms with Gasteiger partial charge in [0.05, 0.1) is 5.71 Å². The number of oxime groups is 1. The molecule has 0 bridgehead atoms. The molecule has 1 heterocycles. The van der Waals surface area contributed by atoms with E-state index in [2.05, 4.69) is 14.6 Å². The summed E-state index contributed by atoms with van der Waals surface area (Å²) < 4.78 is 39.3. The van der Waals surface area contributed by atoms with Crippen LogP contribution in [-0.4, -0.2) is 28.2 Å². The molecule has 0 radical (unpaired) electrons. The second-order valence-electron chi connectivity index (χ2n) is 7.91. The molecule has 5 nitrogen and oxygen atoms in total. The third-order valence-corrected chi connectivity index (χ3v) is 5.75. The number of fused-ring (bicyclic) bond motifs is 3. The minimum Gasteiger partial charge on any atom is -0.341 e. The van der Waals surface area contributed by atoms with Gasteiger partial charge >= 0.3 is 12.1 Å². The van der Waals surface area contributed by atoms with Gasteiger partial charge in [0.15, 0.2) is 5.78 Å². The Morgan fingerprint density at radius 3 is 2.12 bits per heavy atom. The maximum atomic E-state index is 13.2. The van der Waals surface area contributed by atoms with E-state index < -0.39 is 12.1 Å². The zero-order chi connectivity index (χ0) is 24.6. The molecular weight excluding hydrogens is 445 g/mol. The van der Waals surface area contributed by atoms with Crippen molar-refractivity contribution in [1.82, 2.24) is 4.57 Å². The molecule has 0 saturated carbocycles. The van der Waals surface area contributed by atoms with E-state index in [-0.39, 0.29) is 11.5 Å². The fourth-order valence-corrected chi connectivity index (χ4v) is 4.01. The minimum absolute atomic E-state index is 0.0923. The van der Waals surface area contributed by atoms with Gasteiger partial charge in [0.1, 0.15) is 0 Å². The largest absolute Gasteiger partial charge is 0.493 e. The molecule has 0 aliphatic rings. The van der Waals surface area contributed by atoms with Crippen molar-refractivity contribution in [2.75, 3.05) is 0 Å². The van der Waals surface area contributed by atoms with Gasteiger partial charge in [-0.3, -0.25) is 4.79 Å². The molecule has 0 amide bonds. The Morgan fingerprint density at radius 2 is 1.53 bits per heavy atom. The van der Waals surface area contributed by atoms with Crippen molar-refractivity contribution in [3.8, 4) is 0 Å². The third kappa shape index (κ3) is 4.19. The summed E-state index contributed by atoms with van der Waals surface area (Å²) in [5.41, 5.74) is 4.47. The summed E-state index contributed by atoms with van der Waals surface area (Å²) in [4.78, 5) is 28.2. The lowest BCUT2D eigenvalue weighted by Crippen LogP contribution is -2.24. The van der Waals surface area contributed by atoms with Gasteiger partial charge in [0, 0.05) is 39.5 Å². The molecule has 34 heavy (non-hydrogen) atoms. The number of carbonyl (C=O) groups excluding carboxylic acids is 2. The average Bonchev–Trinajstić information content (AvgIpc) is 3.13. The maximum Gasteiger partial charge on any atom is 0.493 e. The summed E-state index contributed by atoms with van der Waals surface area (Å²) in [5.74, 6) is -2.47. The molecule has 0 fully saturated rings. The Labute approximate surface area is 193 Å². The fourth-order valence-electron chi connectivity index (χ4n) is 4.01. The number of carbonyl (C=O) groups is 2. The topological polar surface area (TPSA) is 60.7 Å². The zero-order valence-electron chi connectivity index (χ0n) is 18.7. The summed E-state index contributed by atoms with van der Waals surface area (Å²) in [7, 11) is 0. The van der Waals surface area contributed by atoms with Crippen LogP contribution in [0.15, 0.2) is 65.8 Å². The molecule has 4 aromatic rings. The van der Waals surface area contributed by atoms with Gasteiger partial charge in [-0.2, -0.15) is 13.2 Å². The van der Waals surface area contributed by atoms with Gasteiger partial charge < -0.3 is 9.40 Å². The lowest BCUT2D eigenvalue weighted by molar-refractivity contribution is -0.199. The van der Waals surface area contributed by atoms with Crippen LogP contribution in [0.4, 0.5) is 13.2 Å². The monoisotopic (exact) mass is 466 g/mol. The van der Waals surface area contributed by atoms with Crippen LogP contribution in [0.25, 0.3) is 21.8 Å². The first-order valence-corrected chi connectivity index (χ1v) is 10.6. The van der Waals surface area contributed by atoms with E-state index in [0.29, 0.717) is 23.2 Å². The zero-order valence-corrected chi connectivity index (χ0v) is 18.7. The van der Waals surface area contributed by atoms with Crippen LogP contribution < -0.4 is 0 Å². The van der Waals surface area contributed by atoms with E-state index in [1.807, 2.05) is 50.2 Å². The first-order valence-electron chi connectivity index (χ1n) is 10.6. The maximum absolute atomic E-state index is 13.2. The van der Waals surface area contributed by atoms with Crippen LogP contribution in [0, 0.1) is 6.92 Å². The number of benzene rings is 3. The molecule has 1 aromatic heterocycles. The van der Waals surface area contributed by atoms with Crippen molar-refractivity contribution in [2.24, 2.45) is 5.16 Å². The van der Waals surface area contributed by atoms with Gasteiger partial charge in [-0.05, 0) is 62.2 Å². The molecule has 0 unspecified atom stereocenters. The second-order valence-corrected chi connectivity index (χ2v) is 7.91. The molecule has 0 saturated heterocycles. The van der Waals surface area contributed by atoms with E-state index in [0.717, 1.165) is 27.4 Å². The molecule has 4 rings (SSSR count). The molecule has 0 N–H and O–H groups in total. The fraction of sp³-hybridized carbons (Fsp3) is 0.192. The number of halogens is 3. The van der Waals surface area contributed by atoms with Crippen molar-refractivity contribution in [1.29, 1.82) is 0 Å². The van der Waals surface area contributed by atoms with Crippen LogP contribution in [0.2, 0.25) is 0 Å². The Hall–Kier alpha value is -3.94. The van der Waals surface area contributed by atoms with Crippen molar-refractivity contribution in [3.05, 3.63) is 82.9 Å². The smallest absolute Gasteiger partial charge is 0.341 e. The highest BCUT2D eigenvalue weighted by Crippen LogP contribution is 2.31. The molecule has 0 atom stereocenters. The first kappa shape index (κ1) is 23.2. The van der Waals surface area contributed by atoms with Crippen molar-refractivity contribution in [3.63, 3.8) is 0 Å². The number of aryl methyl sites for hydroxylation is 2. The molecule has 3 aromatic carbocycles. The minimum atomic E-state index is -5.12. The summed E-state index contributed by atoms with van der Waals surface area (Å²) in [5, 5.41) is 5.00. The highest BCUT2D eigenvalue weighted by molar-refractivity contribution is 6.16. The lowest BCUT2D eigenvalue weighted by atomic mass is 9.97. The Kier molecular flexibility index (Phi) is 6.00. The number of hydrogen-bond acceptors (Lipinski definition) is 4. The van der Waals surface area contributed by atoms with Crippen molar-refractivity contribution >= 4 is 39.3 Å². The van der Waals surface area contributed by atoms with Crippen molar-refractivity contribution in [2.45, 2.75) is 33.5 Å². The highest BCUT2D eigenvalue weighted by Gasteiger charge is 2.41. The van der Waals surface area contributed by atoms with E-state index in [9.17, 15) is 22.8 Å². The number of nitrogens with zero attached hydrogens (tertiary/aromatic N) is 2. The van der Waals surface area contributed by atoms with Gasteiger partial charge in [0.25, 0.3) is 0 Å². The number of ketones is 1. The summed E-state index contributed by atoms with van der Waals surface area (Å²) in [6, 6.07) is 18.2. The van der Waals surface area contributed by atoms with Crippen molar-refractivity contribution < 1.29 is 27.6 Å². The van der Waals surface area contributed by atoms with Gasteiger partial charge in [-0.1, -0.05) is 35.5 Å². The third-order valence-electron chi connectivity index (χ3n) is 5.75. The first-order chi connectivity index (χ1) is 16.1. The quantitative estimate of drug-likeness (QED) is 0.153. The lowest BCUT2D eigenvalue weighted by Gasteiger charge is -2.06. The van der Waals surface area contributed by atoms with Crippen LogP contribution in [0.1, 0.15) is 40.9 Å². The number of alkyl halides is 3. The summed E-state index contributed by atoms with van der Waals surface area (Å²) in [6.07, 6.45) is -5.12. The summed E-state index contributed by atoms with van der Waals surface area (Å²) >= 11 is 0. The molecule has 0 aliphatic carbocycles. The van der Waals surface area contributed by atoms with Crippen LogP contribution in [-0.2, 0) is 16.2 Å². The SMILES string of the molecule is CCn1c2ccc(C(=O)c3ccccc3C)cc2c2cc(C(C)=NOC(=O)C(F)(F)F)ccc21. The van der Waals surface area contributed by atoms with Crippen LogP contribution >= 0.6 is 0 Å².